The summed E-state index contributed by atoms with van der Waals surface area (Å²) in [5, 5.41) is 1.85. The van der Waals surface area contributed by atoms with Crippen molar-refractivity contribution in [2.75, 3.05) is 6.54 Å². The number of alkyl halides is 2. The first kappa shape index (κ1) is 14.8. The van der Waals surface area contributed by atoms with Crippen LogP contribution >= 0.6 is 10.7 Å². The van der Waals surface area contributed by atoms with E-state index in [2.05, 4.69) is 0 Å². The van der Waals surface area contributed by atoms with Gasteiger partial charge in [0, 0.05) is 16.2 Å². The zero-order valence-corrected chi connectivity index (χ0v) is 10.2. The summed E-state index contributed by atoms with van der Waals surface area (Å²) in [6.45, 7) is -0.890. The van der Waals surface area contributed by atoms with Crippen molar-refractivity contribution in [3.63, 3.8) is 0 Å². The monoisotopic (exact) mass is 301 g/mol. The number of halogens is 4. The van der Waals surface area contributed by atoms with Crippen LogP contribution < -0.4 is 5.32 Å². The second kappa shape index (κ2) is 5.57. The number of carbonyl (C=O) groups is 1. The van der Waals surface area contributed by atoms with Crippen LogP contribution in [-0.4, -0.2) is 27.3 Å². The molecule has 0 radical (unpaired) electrons. The quantitative estimate of drug-likeness (QED) is 0.862. The summed E-state index contributed by atoms with van der Waals surface area (Å²) >= 11 is 0. The zero-order chi connectivity index (χ0) is 13.9. The van der Waals surface area contributed by atoms with Crippen LogP contribution in [0.4, 0.5) is 13.2 Å². The average Bonchev–Trinajstić information content (AvgIpc) is 2.24. The summed E-state index contributed by atoms with van der Waals surface area (Å²) in [5.41, 5.74) is -0.281. The third-order valence-electron chi connectivity index (χ3n) is 1.87. The normalized spacial score (nSPS) is 11.6. The molecule has 18 heavy (non-hydrogen) atoms. The number of rotatable bonds is 4. The molecule has 0 heterocycles. The number of hydrogen-bond acceptors (Lipinski definition) is 3. The van der Waals surface area contributed by atoms with Crippen molar-refractivity contribution in [2.45, 2.75) is 11.3 Å². The van der Waals surface area contributed by atoms with Crippen LogP contribution in [0, 0.1) is 5.82 Å². The van der Waals surface area contributed by atoms with Crippen LogP contribution in [0.1, 0.15) is 10.4 Å². The second-order valence-electron chi connectivity index (χ2n) is 3.18. The Labute approximate surface area is 105 Å². The highest BCUT2D eigenvalue weighted by atomic mass is 35.7. The summed E-state index contributed by atoms with van der Waals surface area (Å²) in [6.07, 6.45) is -2.74. The molecule has 4 nitrogen and oxygen atoms in total. The van der Waals surface area contributed by atoms with Crippen LogP contribution in [0.3, 0.4) is 0 Å². The number of carbonyl (C=O) groups excluding carboxylic acids is 1. The largest absolute Gasteiger partial charge is 0.346 e. The fourth-order valence-electron chi connectivity index (χ4n) is 1.10. The average molecular weight is 302 g/mol. The number of benzene rings is 1. The summed E-state index contributed by atoms with van der Waals surface area (Å²) in [6, 6.07) is 2.35. The van der Waals surface area contributed by atoms with Crippen LogP contribution in [0.25, 0.3) is 0 Å². The van der Waals surface area contributed by atoms with Gasteiger partial charge in [0.1, 0.15) is 10.7 Å². The van der Waals surface area contributed by atoms with Gasteiger partial charge >= 0.3 is 0 Å². The Balaban J connectivity index is 3.02. The third-order valence-corrected chi connectivity index (χ3v) is 3.21. The topological polar surface area (TPSA) is 63.2 Å². The van der Waals surface area contributed by atoms with E-state index in [-0.39, 0.29) is 5.56 Å². The molecule has 1 amide bonds. The predicted octanol–water partition coefficient (Wildman–Crippen LogP) is 1.75. The summed E-state index contributed by atoms with van der Waals surface area (Å²) < 4.78 is 58.8. The molecule has 0 saturated carbocycles. The van der Waals surface area contributed by atoms with Crippen molar-refractivity contribution in [3.05, 3.63) is 29.6 Å². The molecule has 1 aromatic carbocycles. The Morgan fingerprint density at radius 3 is 2.50 bits per heavy atom. The molecule has 0 saturated heterocycles. The van der Waals surface area contributed by atoms with Crippen molar-refractivity contribution in [1.29, 1.82) is 0 Å². The molecule has 0 bridgehead atoms. The van der Waals surface area contributed by atoms with Gasteiger partial charge < -0.3 is 5.32 Å². The summed E-state index contributed by atoms with van der Waals surface area (Å²) in [4.78, 5) is 10.5. The van der Waals surface area contributed by atoms with E-state index in [4.69, 9.17) is 10.7 Å². The molecule has 1 aromatic rings. The SMILES string of the molecule is O=C(NCC(F)F)c1ccc(F)c(S(=O)(=O)Cl)c1. The predicted molar refractivity (Wildman–Crippen MR) is 57.8 cm³/mol. The molecule has 9 heteroatoms. The fraction of sp³-hybridized carbons (Fsp3) is 0.222. The minimum Gasteiger partial charge on any atom is -0.346 e. The number of nitrogens with one attached hydrogen (secondary N) is 1. The van der Waals surface area contributed by atoms with Gasteiger partial charge in [0.25, 0.3) is 21.4 Å². The molecule has 0 aromatic heterocycles. The van der Waals surface area contributed by atoms with Crippen molar-refractivity contribution in [1.82, 2.24) is 5.32 Å². The van der Waals surface area contributed by atoms with E-state index < -0.39 is 38.6 Å². The second-order valence-corrected chi connectivity index (χ2v) is 5.72. The van der Waals surface area contributed by atoms with Crippen LogP contribution in [-0.2, 0) is 9.05 Å². The van der Waals surface area contributed by atoms with E-state index in [1.165, 1.54) is 0 Å². The highest BCUT2D eigenvalue weighted by molar-refractivity contribution is 8.13. The highest BCUT2D eigenvalue weighted by Crippen LogP contribution is 2.20. The van der Waals surface area contributed by atoms with Gasteiger partial charge in [-0.05, 0) is 18.2 Å². The lowest BCUT2D eigenvalue weighted by molar-refractivity contribution is 0.0891. The summed E-state index contributed by atoms with van der Waals surface area (Å²) in [7, 11) is 0.597. The maximum atomic E-state index is 13.1. The van der Waals surface area contributed by atoms with Crippen molar-refractivity contribution in [2.24, 2.45) is 0 Å². The first-order chi connectivity index (χ1) is 8.21. The molecule has 1 rings (SSSR count). The minimum atomic E-state index is -4.35. The van der Waals surface area contributed by atoms with Crippen LogP contribution in [0.5, 0.6) is 0 Å². The maximum absolute atomic E-state index is 13.1. The lowest BCUT2D eigenvalue weighted by atomic mass is 10.2. The van der Waals surface area contributed by atoms with Crippen molar-refractivity contribution in [3.8, 4) is 0 Å². The Hall–Kier alpha value is -1.28. The third kappa shape index (κ3) is 3.88. The van der Waals surface area contributed by atoms with E-state index in [0.717, 1.165) is 6.07 Å². The Morgan fingerprint density at radius 2 is 2.00 bits per heavy atom. The zero-order valence-electron chi connectivity index (χ0n) is 8.66. The minimum absolute atomic E-state index is 0.281. The molecule has 0 spiro atoms. The van der Waals surface area contributed by atoms with E-state index in [9.17, 15) is 26.4 Å². The Kier molecular flexibility index (Phi) is 4.58. The molecule has 0 aliphatic carbocycles. The van der Waals surface area contributed by atoms with Crippen molar-refractivity contribution < 1.29 is 26.4 Å². The Bertz CT molecular complexity index is 562. The van der Waals surface area contributed by atoms with Gasteiger partial charge in [0.15, 0.2) is 0 Å². The van der Waals surface area contributed by atoms with Gasteiger partial charge in [0.05, 0.1) is 6.54 Å². The molecule has 1 N–H and O–H groups in total. The molecule has 0 aliphatic rings. The molecule has 0 fully saturated rings. The lowest BCUT2D eigenvalue weighted by Crippen LogP contribution is -2.28. The standard InChI is InChI=1S/C9H7ClF3NO3S/c10-18(16,17)7-3-5(1-2-6(7)11)9(15)14-4-8(12)13/h1-3,8H,4H2,(H,14,15). The maximum Gasteiger partial charge on any atom is 0.264 e. The van der Waals surface area contributed by atoms with Gasteiger partial charge in [-0.2, -0.15) is 0 Å². The van der Waals surface area contributed by atoms with E-state index in [1.54, 1.807) is 0 Å². The fourth-order valence-corrected chi connectivity index (χ4v) is 2.03. The molecular weight excluding hydrogens is 295 g/mol. The number of amides is 1. The molecular formula is C9H7ClF3NO3S. The first-order valence-corrected chi connectivity index (χ1v) is 6.83. The highest BCUT2D eigenvalue weighted by Gasteiger charge is 2.19. The van der Waals surface area contributed by atoms with Crippen LogP contribution in [0.2, 0.25) is 0 Å². The number of hydrogen-bond donors (Lipinski definition) is 1. The van der Waals surface area contributed by atoms with Gasteiger partial charge in [-0.3, -0.25) is 4.79 Å². The van der Waals surface area contributed by atoms with E-state index in [0.29, 0.717) is 12.1 Å². The van der Waals surface area contributed by atoms with Crippen LogP contribution in [0.15, 0.2) is 23.1 Å². The smallest absolute Gasteiger partial charge is 0.264 e. The summed E-state index contributed by atoms with van der Waals surface area (Å²) in [5.74, 6) is -2.08. The Morgan fingerprint density at radius 1 is 1.39 bits per heavy atom. The van der Waals surface area contributed by atoms with E-state index >= 15 is 0 Å². The first-order valence-electron chi connectivity index (χ1n) is 4.52. The van der Waals surface area contributed by atoms with Gasteiger partial charge in [0.2, 0.25) is 0 Å². The lowest BCUT2D eigenvalue weighted by Gasteiger charge is -2.06. The molecule has 0 aliphatic heterocycles. The molecule has 0 atom stereocenters. The van der Waals surface area contributed by atoms with Gasteiger partial charge in [-0.25, -0.2) is 21.6 Å². The van der Waals surface area contributed by atoms with Gasteiger partial charge in [-0.1, -0.05) is 0 Å². The van der Waals surface area contributed by atoms with Crippen molar-refractivity contribution >= 4 is 25.6 Å². The van der Waals surface area contributed by atoms with E-state index in [1.807, 2.05) is 5.32 Å². The van der Waals surface area contributed by atoms with Gasteiger partial charge in [-0.15, -0.1) is 0 Å². The molecule has 100 valence electrons. The molecule has 0 unspecified atom stereocenters.